The van der Waals surface area contributed by atoms with Gasteiger partial charge in [-0.3, -0.25) is 0 Å². The first-order chi connectivity index (χ1) is 11.0. The van der Waals surface area contributed by atoms with Crippen LogP contribution in [0.4, 0.5) is 0 Å². The Kier molecular flexibility index (Phi) is 17.3. The first-order valence-electron chi connectivity index (χ1n) is 8.80. The molecule has 144 valence electrons. The number of rotatable bonds is 8. The predicted octanol–water partition coefficient (Wildman–Crippen LogP) is -0.563. The third-order valence-corrected chi connectivity index (χ3v) is 4.86. The van der Waals surface area contributed by atoms with Crippen molar-refractivity contribution in [2.24, 2.45) is 0 Å². The normalized spacial score (nSPS) is 11.2. The SMILES string of the molecule is CCC([NH3+])(CC)CC.CCC([NH3+])(CC)CC.O=C([O-])/C=C/C(=O)[O-]. The number of carboxylic acid groups (broad SMARTS) is 2. The van der Waals surface area contributed by atoms with Crippen LogP contribution in [0.15, 0.2) is 12.2 Å². The summed E-state index contributed by atoms with van der Waals surface area (Å²) in [7, 11) is 0. The van der Waals surface area contributed by atoms with Crippen molar-refractivity contribution in [2.45, 2.75) is 91.1 Å². The van der Waals surface area contributed by atoms with Crippen molar-refractivity contribution < 1.29 is 31.3 Å². The Hall–Kier alpha value is -1.40. The molecule has 0 bridgehead atoms. The van der Waals surface area contributed by atoms with E-state index in [1.54, 1.807) is 0 Å². The van der Waals surface area contributed by atoms with Crippen molar-refractivity contribution in [3.8, 4) is 0 Å². The highest BCUT2D eigenvalue weighted by molar-refractivity contribution is 5.87. The second-order valence-electron chi connectivity index (χ2n) is 6.09. The quantitative estimate of drug-likeness (QED) is 0.569. The van der Waals surface area contributed by atoms with Crippen LogP contribution in [0.3, 0.4) is 0 Å². The highest BCUT2D eigenvalue weighted by Crippen LogP contribution is 2.12. The lowest BCUT2D eigenvalue weighted by Crippen LogP contribution is -2.71. The molecule has 6 N–H and O–H groups in total. The lowest BCUT2D eigenvalue weighted by molar-refractivity contribution is -0.481. The van der Waals surface area contributed by atoms with E-state index >= 15 is 0 Å². The molecule has 0 saturated carbocycles. The topological polar surface area (TPSA) is 136 Å². The largest absolute Gasteiger partial charge is 0.545 e. The van der Waals surface area contributed by atoms with Crippen LogP contribution in [0.5, 0.6) is 0 Å². The number of hydrogen-bond donors (Lipinski definition) is 2. The molecule has 0 rings (SSSR count). The second-order valence-corrected chi connectivity index (χ2v) is 6.09. The van der Waals surface area contributed by atoms with Crippen LogP contribution in [0, 0.1) is 0 Å². The monoisotopic (exact) mass is 346 g/mol. The maximum Gasteiger partial charge on any atom is 0.0937 e. The summed E-state index contributed by atoms with van der Waals surface area (Å²) in [4.78, 5) is 18.8. The van der Waals surface area contributed by atoms with Crippen LogP contribution in [-0.4, -0.2) is 23.0 Å². The molecular weight excluding hydrogens is 308 g/mol. The molecule has 0 spiro atoms. The maximum absolute atomic E-state index is 9.41. The molecule has 24 heavy (non-hydrogen) atoms. The molecule has 0 heterocycles. The van der Waals surface area contributed by atoms with Crippen molar-refractivity contribution in [3.05, 3.63) is 12.2 Å². The van der Waals surface area contributed by atoms with Crippen LogP contribution in [0.2, 0.25) is 0 Å². The highest BCUT2D eigenvalue weighted by atomic mass is 16.4. The second kappa shape index (κ2) is 15.1. The molecular formula is C18H38N2O4. The summed E-state index contributed by atoms with van der Waals surface area (Å²) in [5.74, 6) is -3.09. The molecule has 0 aromatic carbocycles. The van der Waals surface area contributed by atoms with Gasteiger partial charge < -0.3 is 31.3 Å². The first kappa shape index (κ1) is 27.4. The van der Waals surface area contributed by atoms with E-state index in [1.807, 2.05) is 0 Å². The smallest absolute Gasteiger partial charge is 0.0937 e. The molecule has 0 aliphatic heterocycles. The summed E-state index contributed by atoms with van der Waals surface area (Å²) in [6.45, 7) is 13.3. The first-order valence-corrected chi connectivity index (χ1v) is 8.80. The van der Waals surface area contributed by atoms with Gasteiger partial charge in [0.1, 0.15) is 0 Å². The fourth-order valence-corrected chi connectivity index (χ4v) is 1.64. The fourth-order valence-electron chi connectivity index (χ4n) is 1.64. The van der Waals surface area contributed by atoms with Gasteiger partial charge in [-0.1, -0.05) is 41.5 Å². The minimum Gasteiger partial charge on any atom is -0.545 e. The molecule has 0 aliphatic rings. The molecule has 0 aromatic heterocycles. The average molecular weight is 347 g/mol. The van der Waals surface area contributed by atoms with Crippen molar-refractivity contribution in [1.29, 1.82) is 0 Å². The lowest BCUT2D eigenvalue weighted by atomic mass is 9.92. The molecule has 0 atom stereocenters. The van der Waals surface area contributed by atoms with Gasteiger partial charge in [0.15, 0.2) is 0 Å². The number of carbonyl (C=O) groups is 2. The zero-order valence-corrected chi connectivity index (χ0v) is 16.4. The van der Waals surface area contributed by atoms with Gasteiger partial charge in [-0.15, -0.1) is 0 Å². The summed E-state index contributed by atoms with van der Waals surface area (Å²) < 4.78 is 0. The van der Waals surface area contributed by atoms with Gasteiger partial charge in [0.25, 0.3) is 0 Å². The van der Waals surface area contributed by atoms with Crippen LogP contribution < -0.4 is 21.7 Å². The Morgan fingerprint density at radius 2 is 0.833 bits per heavy atom. The third-order valence-electron chi connectivity index (χ3n) is 4.86. The molecule has 0 radical (unpaired) electrons. The van der Waals surface area contributed by atoms with Crippen molar-refractivity contribution in [2.75, 3.05) is 0 Å². The molecule has 0 unspecified atom stereocenters. The van der Waals surface area contributed by atoms with Gasteiger partial charge in [0.2, 0.25) is 0 Å². The van der Waals surface area contributed by atoms with E-state index in [2.05, 4.69) is 53.0 Å². The van der Waals surface area contributed by atoms with Crippen molar-refractivity contribution in [3.63, 3.8) is 0 Å². The van der Waals surface area contributed by atoms with E-state index in [0.29, 0.717) is 23.2 Å². The Labute approximate surface area is 147 Å². The Morgan fingerprint density at radius 3 is 0.875 bits per heavy atom. The van der Waals surface area contributed by atoms with Crippen LogP contribution in [0.25, 0.3) is 0 Å². The van der Waals surface area contributed by atoms with Crippen LogP contribution in [0.1, 0.15) is 80.1 Å². The Bertz CT molecular complexity index is 310. The van der Waals surface area contributed by atoms with Gasteiger partial charge in [-0.25, -0.2) is 0 Å². The van der Waals surface area contributed by atoms with E-state index in [-0.39, 0.29) is 0 Å². The van der Waals surface area contributed by atoms with Crippen LogP contribution >= 0.6 is 0 Å². The molecule has 6 nitrogen and oxygen atoms in total. The van der Waals surface area contributed by atoms with Gasteiger partial charge in [-0.05, 0) is 50.7 Å². The predicted molar refractivity (Wildman–Crippen MR) is 92.1 cm³/mol. The van der Waals surface area contributed by atoms with Gasteiger partial charge in [-0.2, -0.15) is 0 Å². The van der Waals surface area contributed by atoms with Gasteiger partial charge in [0, 0.05) is 0 Å². The number of aliphatic carboxylic acids is 2. The maximum atomic E-state index is 9.41. The van der Waals surface area contributed by atoms with E-state index in [9.17, 15) is 19.8 Å². The molecule has 6 heteroatoms. The van der Waals surface area contributed by atoms with Gasteiger partial charge >= 0.3 is 0 Å². The summed E-state index contributed by atoms with van der Waals surface area (Å²) in [6.07, 6.45) is 8.02. The Morgan fingerprint density at radius 1 is 0.667 bits per heavy atom. The fraction of sp³-hybridized carbons (Fsp3) is 0.778. The molecule has 0 fully saturated rings. The number of quaternary nitrogens is 2. The van der Waals surface area contributed by atoms with Crippen molar-refractivity contribution >= 4 is 11.9 Å². The molecule has 0 aromatic rings. The van der Waals surface area contributed by atoms with Gasteiger partial charge in [0.05, 0.1) is 23.0 Å². The zero-order valence-electron chi connectivity index (χ0n) is 16.4. The minimum atomic E-state index is -1.55. The lowest BCUT2D eigenvalue weighted by Gasteiger charge is -2.19. The summed E-state index contributed by atoms with van der Waals surface area (Å²) in [5.41, 5.74) is 9.00. The Balaban J connectivity index is -0.000000276. The summed E-state index contributed by atoms with van der Waals surface area (Å²) in [6, 6.07) is 0. The zero-order chi connectivity index (χ0) is 19.8. The number of carbonyl (C=O) groups excluding carboxylic acids is 2. The minimum absolute atomic E-state index is 0.375. The van der Waals surface area contributed by atoms with E-state index in [4.69, 9.17) is 0 Å². The highest BCUT2D eigenvalue weighted by Gasteiger charge is 2.21. The van der Waals surface area contributed by atoms with Crippen LogP contribution in [-0.2, 0) is 9.59 Å². The van der Waals surface area contributed by atoms with E-state index in [0.717, 1.165) is 0 Å². The molecule has 0 saturated heterocycles. The molecule has 0 amide bonds. The summed E-state index contributed by atoms with van der Waals surface area (Å²) >= 11 is 0. The van der Waals surface area contributed by atoms with E-state index < -0.39 is 11.9 Å². The van der Waals surface area contributed by atoms with Crippen molar-refractivity contribution in [1.82, 2.24) is 0 Å². The number of hydrogen-bond acceptors (Lipinski definition) is 4. The van der Waals surface area contributed by atoms with E-state index in [1.165, 1.54) is 38.5 Å². The standard InChI is InChI=1S/2C7H17N.C4H4O4/c2*1-4-7(8,5-2)6-3;5-3(6)1-2-4(7)8/h2*4-6,8H2,1-3H3;1-2H,(H,5,6)(H,7,8)/b;;2-1+. The third kappa shape index (κ3) is 17.0. The average Bonchev–Trinajstić information content (AvgIpc) is 2.59. The number of carboxylic acids is 2. The summed E-state index contributed by atoms with van der Waals surface area (Å²) in [5, 5.41) is 18.8. The molecule has 0 aliphatic carbocycles.